The molecule has 0 amide bonds. The first-order valence-corrected chi connectivity index (χ1v) is 10.9. The summed E-state index contributed by atoms with van der Waals surface area (Å²) < 4.78 is 5.94. The van der Waals surface area contributed by atoms with Crippen LogP contribution in [0.15, 0.2) is 0 Å². The van der Waals surface area contributed by atoms with Crippen molar-refractivity contribution in [1.29, 1.82) is 0 Å². The molecule has 0 aromatic rings. The van der Waals surface area contributed by atoms with Gasteiger partial charge in [-0.05, 0) is 19.8 Å². The molecule has 23 heavy (non-hydrogen) atoms. The molecule has 0 saturated carbocycles. The van der Waals surface area contributed by atoms with Crippen LogP contribution in [0.5, 0.6) is 0 Å². The highest BCUT2D eigenvalue weighted by Crippen LogP contribution is 2.12. The highest BCUT2D eigenvalue weighted by molar-refractivity contribution is 4.53. The van der Waals surface area contributed by atoms with Crippen molar-refractivity contribution < 1.29 is 4.74 Å². The van der Waals surface area contributed by atoms with E-state index in [2.05, 4.69) is 20.8 Å². The van der Waals surface area contributed by atoms with Gasteiger partial charge in [-0.1, -0.05) is 110 Å². The van der Waals surface area contributed by atoms with Crippen molar-refractivity contribution in [3.8, 4) is 0 Å². The van der Waals surface area contributed by atoms with Crippen LogP contribution in [-0.4, -0.2) is 12.7 Å². The van der Waals surface area contributed by atoms with Crippen molar-refractivity contribution in [2.45, 2.75) is 136 Å². The van der Waals surface area contributed by atoms with Gasteiger partial charge in [0.05, 0.1) is 6.10 Å². The molecule has 0 fully saturated rings. The van der Waals surface area contributed by atoms with Gasteiger partial charge in [-0.2, -0.15) is 0 Å². The first-order chi connectivity index (χ1) is 11.3. The van der Waals surface area contributed by atoms with Gasteiger partial charge < -0.3 is 4.74 Å². The second-order valence-electron chi connectivity index (χ2n) is 7.42. The molecule has 0 saturated heterocycles. The summed E-state index contributed by atoms with van der Waals surface area (Å²) in [4.78, 5) is 0. The van der Waals surface area contributed by atoms with Crippen LogP contribution in [0, 0.1) is 0 Å². The van der Waals surface area contributed by atoms with Gasteiger partial charge in [0.2, 0.25) is 0 Å². The zero-order chi connectivity index (χ0) is 17.0. The topological polar surface area (TPSA) is 9.23 Å². The van der Waals surface area contributed by atoms with Crippen molar-refractivity contribution in [2.24, 2.45) is 0 Å². The predicted octanol–water partition coefficient (Wildman–Crippen LogP) is 8.06. The van der Waals surface area contributed by atoms with E-state index in [0.717, 1.165) is 6.61 Å². The van der Waals surface area contributed by atoms with Crippen LogP contribution in [0.4, 0.5) is 0 Å². The maximum Gasteiger partial charge on any atom is 0.0547 e. The van der Waals surface area contributed by atoms with Crippen LogP contribution < -0.4 is 0 Å². The van der Waals surface area contributed by atoms with Gasteiger partial charge in [-0.15, -0.1) is 0 Å². The maximum absolute atomic E-state index is 5.94. The van der Waals surface area contributed by atoms with E-state index >= 15 is 0 Å². The van der Waals surface area contributed by atoms with E-state index in [-0.39, 0.29) is 0 Å². The fraction of sp³-hybridized carbons (Fsp3) is 1.00. The van der Waals surface area contributed by atoms with Crippen molar-refractivity contribution in [2.75, 3.05) is 6.61 Å². The molecule has 0 bridgehead atoms. The quantitative estimate of drug-likeness (QED) is 0.218. The van der Waals surface area contributed by atoms with E-state index < -0.39 is 0 Å². The molecule has 0 aliphatic rings. The van der Waals surface area contributed by atoms with Crippen LogP contribution in [0.3, 0.4) is 0 Å². The summed E-state index contributed by atoms with van der Waals surface area (Å²) in [5.74, 6) is 0. The van der Waals surface area contributed by atoms with Gasteiger partial charge in [0.15, 0.2) is 0 Å². The van der Waals surface area contributed by atoms with Crippen LogP contribution in [0.2, 0.25) is 0 Å². The zero-order valence-corrected chi connectivity index (χ0v) is 16.7. The van der Waals surface area contributed by atoms with Crippen LogP contribution >= 0.6 is 0 Å². The molecule has 1 nitrogen and oxygen atoms in total. The summed E-state index contributed by atoms with van der Waals surface area (Å²) in [6, 6.07) is 0. The Morgan fingerprint density at radius 3 is 1.39 bits per heavy atom. The Balaban J connectivity index is 3.10. The second kappa shape index (κ2) is 20.0. The smallest absolute Gasteiger partial charge is 0.0547 e. The van der Waals surface area contributed by atoms with E-state index in [1.165, 1.54) is 109 Å². The zero-order valence-electron chi connectivity index (χ0n) is 16.7. The molecule has 0 radical (unpaired) electrons. The lowest BCUT2D eigenvalue weighted by molar-refractivity contribution is 0.0557. The highest BCUT2D eigenvalue weighted by Gasteiger charge is 2.02. The minimum absolute atomic E-state index is 0.472. The maximum atomic E-state index is 5.94. The average Bonchev–Trinajstić information content (AvgIpc) is 2.56. The third-order valence-corrected chi connectivity index (χ3v) is 4.86. The standard InChI is InChI=1S/C22H46O/c1-4-6-8-10-12-13-14-15-17-19-21-23-22(3)20-18-16-11-9-7-5-2/h22H,4-21H2,1-3H3. The Morgan fingerprint density at radius 2 is 0.913 bits per heavy atom. The molecular weight excluding hydrogens is 280 g/mol. The molecule has 0 rings (SSSR count). The van der Waals surface area contributed by atoms with Gasteiger partial charge >= 0.3 is 0 Å². The molecule has 0 aliphatic heterocycles. The Kier molecular flexibility index (Phi) is 20.0. The lowest BCUT2D eigenvalue weighted by Gasteiger charge is -2.12. The Bertz CT molecular complexity index is 202. The largest absolute Gasteiger partial charge is 0.379 e. The average molecular weight is 327 g/mol. The van der Waals surface area contributed by atoms with Crippen molar-refractivity contribution >= 4 is 0 Å². The summed E-state index contributed by atoms with van der Waals surface area (Å²) in [5.41, 5.74) is 0. The van der Waals surface area contributed by atoms with Crippen LogP contribution in [0.25, 0.3) is 0 Å². The number of hydrogen-bond acceptors (Lipinski definition) is 1. The lowest BCUT2D eigenvalue weighted by Crippen LogP contribution is -2.09. The molecule has 1 heteroatoms. The molecule has 0 aromatic carbocycles. The van der Waals surface area contributed by atoms with Crippen LogP contribution in [0.1, 0.15) is 130 Å². The summed E-state index contributed by atoms with van der Waals surface area (Å²) in [7, 11) is 0. The second-order valence-corrected chi connectivity index (χ2v) is 7.42. The van der Waals surface area contributed by atoms with Crippen LogP contribution in [-0.2, 0) is 4.74 Å². The summed E-state index contributed by atoms with van der Waals surface area (Å²) in [5, 5.41) is 0. The summed E-state index contributed by atoms with van der Waals surface area (Å²) in [6.45, 7) is 7.80. The number of unbranched alkanes of at least 4 members (excludes halogenated alkanes) is 14. The van der Waals surface area contributed by atoms with E-state index in [1.807, 2.05) is 0 Å². The molecule has 0 N–H and O–H groups in total. The van der Waals surface area contributed by atoms with Crippen molar-refractivity contribution in [1.82, 2.24) is 0 Å². The minimum atomic E-state index is 0.472. The first-order valence-electron chi connectivity index (χ1n) is 10.9. The molecule has 1 atom stereocenters. The molecular formula is C22H46O. The molecule has 0 heterocycles. The molecule has 140 valence electrons. The summed E-state index contributed by atoms with van der Waals surface area (Å²) in [6.07, 6.45) is 24.1. The number of ether oxygens (including phenoxy) is 1. The number of rotatable bonds is 19. The van der Waals surface area contributed by atoms with Gasteiger partial charge in [0, 0.05) is 6.61 Å². The van der Waals surface area contributed by atoms with Crippen molar-refractivity contribution in [3.63, 3.8) is 0 Å². The molecule has 0 aromatic heterocycles. The third-order valence-electron chi connectivity index (χ3n) is 4.86. The van der Waals surface area contributed by atoms with Gasteiger partial charge in [-0.25, -0.2) is 0 Å². The van der Waals surface area contributed by atoms with E-state index in [9.17, 15) is 0 Å². The molecule has 1 unspecified atom stereocenters. The Morgan fingerprint density at radius 1 is 0.522 bits per heavy atom. The summed E-state index contributed by atoms with van der Waals surface area (Å²) >= 11 is 0. The molecule has 0 aliphatic carbocycles. The third kappa shape index (κ3) is 19.9. The predicted molar refractivity (Wildman–Crippen MR) is 105 cm³/mol. The number of hydrogen-bond donors (Lipinski definition) is 0. The minimum Gasteiger partial charge on any atom is -0.379 e. The fourth-order valence-corrected chi connectivity index (χ4v) is 3.17. The van der Waals surface area contributed by atoms with E-state index in [1.54, 1.807) is 0 Å². The van der Waals surface area contributed by atoms with Crippen molar-refractivity contribution in [3.05, 3.63) is 0 Å². The lowest BCUT2D eigenvalue weighted by atomic mass is 10.1. The molecule has 0 spiro atoms. The first kappa shape index (κ1) is 23.0. The highest BCUT2D eigenvalue weighted by atomic mass is 16.5. The monoisotopic (exact) mass is 326 g/mol. The van der Waals surface area contributed by atoms with Gasteiger partial charge in [-0.3, -0.25) is 0 Å². The fourth-order valence-electron chi connectivity index (χ4n) is 3.17. The van der Waals surface area contributed by atoms with E-state index in [0.29, 0.717) is 6.10 Å². The Labute approximate surface area is 148 Å². The Hall–Kier alpha value is -0.0400. The van der Waals surface area contributed by atoms with Gasteiger partial charge in [0.25, 0.3) is 0 Å². The van der Waals surface area contributed by atoms with E-state index in [4.69, 9.17) is 4.74 Å². The van der Waals surface area contributed by atoms with Gasteiger partial charge in [0.1, 0.15) is 0 Å². The normalized spacial score (nSPS) is 12.7. The SMILES string of the molecule is CCCCCCCCCCCCOC(C)CCCCCCCC.